The summed E-state index contributed by atoms with van der Waals surface area (Å²) in [5.41, 5.74) is -2.09. The zero-order chi connectivity index (χ0) is 23.0. The molecule has 1 spiro atoms. The number of imidazole rings is 1. The van der Waals surface area contributed by atoms with E-state index in [1.807, 2.05) is 0 Å². The molecule has 0 atom stereocenters. The van der Waals surface area contributed by atoms with Crippen molar-refractivity contribution >= 4 is 29.1 Å². The number of halogens is 2. The van der Waals surface area contributed by atoms with Crippen LogP contribution in [-0.4, -0.2) is 31.5 Å². The molecule has 2 N–H and O–H groups in total. The third-order valence-electron chi connectivity index (χ3n) is 6.75. The molecule has 0 radical (unpaired) electrons. The highest BCUT2D eigenvalue weighted by molar-refractivity contribution is 6.09. The van der Waals surface area contributed by atoms with E-state index in [4.69, 9.17) is 0 Å². The number of nitrogens with one attached hydrogen (secondary N) is 1. The number of benzene rings is 1. The molecule has 10 heteroatoms. The number of anilines is 3. The Morgan fingerprint density at radius 2 is 1.82 bits per heavy atom. The minimum absolute atomic E-state index is 0.0934. The number of carbonyl (C=O) groups is 2. The third-order valence-corrected chi connectivity index (χ3v) is 6.75. The van der Waals surface area contributed by atoms with Crippen LogP contribution < -0.4 is 10.2 Å². The second-order valence-corrected chi connectivity index (χ2v) is 8.79. The Hall–Kier alpha value is -3.66. The summed E-state index contributed by atoms with van der Waals surface area (Å²) < 4.78 is 32.0. The van der Waals surface area contributed by atoms with Gasteiger partial charge >= 0.3 is 0 Å². The van der Waals surface area contributed by atoms with E-state index in [0.29, 0.717) is 31.4 Å². The molecule has 3 aromatic rings. The molecule has 2 aliphatic carbocycles. The number of fused-ring (bicyclic) bond motifs is 2. The summed E-state index contributed by atoms with van der Waals surface area (Å²) in [4.78, 5) is 34.8. The first-order valence-electron chi connectivity index (χ1n) is 10.7. The lowest BCUT2D eigenvalue weighted by atomic mass is 9.78. The van der Waals surface area contributed by atoms with E-state index in [1.54, 1.807) is 16.7 Å². The Morgan fingerprint density at radius 3 is 2.39 bits per heavy atom. The first kappa shape index (κ1) is 20.0. The smallest absolute Gasteiger partial charge is 0.274 e. The summed E-state index contributed by atoms with van der Waals surface area (Å²) in [6.45, 7) is 0. The summed E-state index contributed by atoms with van der Waals surface area (Å²) in [6, 6.07) is 6.65. The first-order chi connectivity index (χ1) is 15.8. The van der Waals surface area contributed by atoms with Gasteiger partial charge in [-0.05, 0) is 56.4 Å². The molecule has 6 rings (SSSR count). The van der Waals surface area contributed by atoms with E-state index in [2.05, 4.69) is 15.3 Å². The molecule has 3 aliphatic rings. The number of rotatable bonds is 4. The number of aliphatic hydroxyl groups is 1. The van der Waals surface area contributed by atoms with Crippen LogP contribution in [-0.2, 0) is 15.9 Å². The zero-order valence-electron chi connectivity index (χ0n) is 17.4. The van der Waals surface area contributed by atoms with Crippen LogP contribution in [0.4, 0.5) is 26.1 Å². The molecule has 2 fully saturated rings. The number of hydrogen-bond donors (Lipinski definition) is 2. The minimum Gasteiger partial charge on any atom is -0.384 e. The van der Waals surface area contributed by atoms with Crippen LogP contribution in [0, 0.1) is 11.6 Å². The second-order valence-electron chi connectivity index (χ2n) is 8.79. The van der Waals surface area contributed by atoms with Crippen molar-refractivity contribution in [2.24, 2.45) is 0 Å². The molecule has 2 saturated carbocycles. The summed E-state index contributed by atoms with van der Waals surface area (Å²) >= 11 is 0. The average Bonchev–Trinajstić information content (AvgIpc) is 3.41. The van der Waals surface area contributed by atoms with Gasteiger partial charge in [-0.25, -0.2) is 18.7 Å². The van der Waals surface area contributed by atoms with Gasteiger partial charge in [0, 0.05) is 11.9 Å². The van der Waals surface area contributed by atoms with Gasteiger partial charge in [0.25, 0.3) is 11.8 Å². The maximum atomic E-state index is 15.2. The normalized spacial score (nSPS) is 19.4. The van der Waals surface area contributed by atoms with Gasteiger partial charge in [0.2, 0.25) is 5.95 Å². The summed E-state index contributed by atoms with van der Waals surface area (Å²) in [5, 5.41) is 13.3. The number of pyridine rings is 1. The van der Waals surface area contributed by atoms with Crippen molar-refractivity contribution < 1.29 is 23.5 Å². The standard InChI is InChI=1S/C23H19F2N5O3/c24-14-10-13(28-19(31)16-4-1-2-9-26-16)11-15(25)18(14)29-20(32)22(7-8-22)30-17(12-27-21(29)30)23(33)5-3-6-23/h1-2,4,9-12,33H,3,5-8H2,(H,28,31). The van der Waals surface area contributed by atoms with Crippen LogP contribution in [0.15, 0.2) is 42.7 Å². The van der Waals surface area contributed by atoms with Gasteiger partial charge in [-0.1, -0.05) is 6.07 Å². The molecule has 0 saturated heterocycles. The largest absolute Gasteiger partial charge is 0.384 e. The molecule has 3 heterocycles. The lowest BCUT2D eigenvalue weighted by Gasteiger charge is -2.37. The molecule has 1 aromatic carbocycles. The zero-order valence-corrected chi connectivity index (χ0v) is 17.4. The number of hydrogen-bond acceptors (Lipinski definition) is 5. The number of nitrogens with zero attached hydrogens (tertiary/aromatic N) is 4. The lowest BCUT2D eigenvalue weighted by molar-refractivity contribution is -0.121. The Bertz CT molecular complexity index is 1290. The van der Waals surface area contributed by atoms with E-state index >= 15 is 8.78 Å². The van der Waals surface area contributed by atoms with Gasteiger partial charge in [-0.3, -0.25) is 19.1 Å². The van der Waals surface area contributed by atoms with Crippen molar-refractivity contribution in [1.29, 1.82) is 0 Å². The average molecular weight is 451 g/mol. The molecule has 2 aromatic heterocycles. The van der Waals surface area contributed by atoms with Crippen LogP contribution in [0.2, 0.25) is 0 Å². The van der Waals surface area contributed by atoms with E-state index in [1.165, 1.54) is 18.5 Å². The van der Waals surface area contributed by atoms with Crippen molar-refractivity contribution in [2.45, 2.75) is 43.2 Å². The lowest BCUT2D eigenvalue weighted by Crippen LogP contribution is -2.38. The molecule has 2 amide bonds. The van der Waals surface area contributed by atoms with Gasteiger partial charge in [-0.2, -0.15) is 0 Å². The van der Waals surface area contributed by atoms with E-state index in [0.717, 1.165) is 23.5 Å². The maximum absolute atomic E-state index is 15.2. The van der Waals surface area contributed by atoms with Gasteiger partial charge in [0.05, 0.1) is 11.9 Å². The number of aromatic nitrogens is 3. The molecule has 0 bridgehead atoms. The SMILES string of the molecule is O=C(Nc1cc(F)c(N2C(=O)C3(CC3)n3c(C4(O)CCC4)cnc32)c(F)c1)c1ccccn1. The van der Waals surface area contributed by atoms with Crippen molar-refractivity contribution in [3.63, 3.8) is 0 Å². The predicted molar refractivity (Wildman–Crippen MR) is 113 cm³/mol. The number of carbonyl (C=O) groups excluding carboxylic acids is 2. The Morgan fingerprint density at radius 1 is 1.09 bits per heavy atom. The fourth-order valence-electron chi connectivity index (χ4n) is 4.71. The van der Waals surface area contributed by atoms with Crippen LogP contribution in [0.25, 0.3) is 0 Å². The predicted octanol–water partition coefficient (Wildman–Crippen LogP) is 3.35. The summed E-state index contributed by atoms with van der Waals surface area (Å²) in [5.74, 6) is -3.04. The maximum Gasteiger partial charge on any atom is 0.274 e. The monoisotopic (exact) mass is 451 g/mol. The summed E-state index contributed by atoms with van der Waals surface area (Å²) in [7, 11) is 0. The Labute approximate surface area is 186 Å². The third kappa shape index (κ3) is 2.76. The fourth-order valence-corrected chi connectivity index (χ4v) is 4.71. The second kappa shape index (κ2) is 6.67. The van der Waals surface area contributed by atoms with Gasteiger partial charge in [-0.15, -0.1) is 0 Å². The van der Waals surface area contributed by atoms with Crippen LogP contribution >= 0.6 is 0 Å². The van der Waals surface area contributed by atoms with Crippen molar-refractivity contribution in [3.05, 3.63) is 65.7 Å². The summed E-state index contributed by atoms with van der Waals surface area (Å²) in [6.07, 6.45) is 5.91. The van der Waals surface area contributed by atoms with Crippen molar-refractivity contribution in [1.82, 2.24) is 14.5 Å². The van der Waals surface area contributed by atoms with Gasteiger partial charge in [0.15, 0.2) is 11.6 Å². The molecular formula is C23H19F2N5O3. The topological polar surface area (TPSA) is 100 Å². The van der Waals surface area contributed by atoms with Gasteiger partial charge in [0.1, 0.15) is 22.5 Å². The van der Waals surface area contributed by atoms with Crippen molar-refractivity contribution in [2.75, 3.05) is 10.2 Å². The van der Waals surface area contributed by atoms with Crippen molar-refractivity contribution in [3.8, 4) is 0 Å². The Balaban J connectivity index is 1.38. The van der Waals surface area contributed by atoms with Crippen LogP contribution in [0.1, 0.15) is 48.3 Å². The molecule has 33 heavy (non-hydrogen) atoms. The van der Waals surface area contributed by atoms with E-state index in [9.17, 15) is 14.7 Å². The highest BCUT2D eigenvalue weighted by Crippen LogP contribution is 2.57. The molecule has 168 valence electrons. The highest BCUT2D eigenvalue weighted by Gasteiger charge is 2.63. The van der Waals surface area contributed by atoms with E-state index < -0.39 is 40.3 Å². The van der Waals surface area contributed by atoms with Crippen LogP contribution in [0.3, 0.4) is 0 Å². The molecule has 1 aliphatic heterocycles. The quantitative estimate of drug-likeness (QED) is 0.634. The van der Waals surface area contributed by atoms with Gasteiger partial charge < -0.3 is 10.4 Å². The minimum atomic E-state index is -1.08. The Kier molecular flexibility index (Phi) is 4.04. The van der Waals surface area contributed by atoms with E-state index in [-0.39, 0.29) is 17.3 Å². The first-order valence-corrected chi connectivity index (χ1v) is 10.7. The fraction of sp³-hybridized carbons (Fsp3) is 0.304. The molecule has 0 unspecified atom stereocenters. The number of amides is 2. The highest BCUT2D eigenvalue weighted by atomic mass is 19.1. The van der Waals surface area contributed by atoms with Crippen LogP contribution in [0.5, 0.6) is 0 Å². The molecule has 8 nitrogen and oxygen atoms in total. The molecular weight excluding hydrogens is 432 g/mol.